The molecule has 0 radical (unpaired) electrons. The molecule has 0 aromatic carbocycles. The van der Waals surface area contributed by atoms with Crippen LogP contribution in [0.2, 0.25) is 0 Å². The van der Waals surface area contributed by atoms with Gasteiger partial charge in [-0.25, -0.2) is 4.98 Å². The van der Waals surface area contributed by atoms with Gasteiger partial charge in [-0.1, -0.05) is 13.8 Å². The molecule has 0 saturated heterocycles. The Labute approximate surface area is 108 Å². The van der Waals surface area contributed by atoms with E-state index in [9.17, 15) is 4.79 Å². The monoisotopic (exact) mass is 251 g/mol. The Morgan fingerprint density at radius 3 is 2.39 bits per heavy atom. The second-order valence-corrected chi connectivity index (χ2v) is 4.00. The van der Waals surface area contributed by atoms with E-state index < -0.39 is 0 Å². The number of carbonyl (C=O) groups excluding carboxylic acids is 1. The molecule has 6 heteroatoms. The number of anilines is 1. The summed E-state index contributed by atoms with van der Waals surface area (Å²) in [7, 11) is 0. The van der Waals surface area contributed by atoms with Gasteiger partial charge in [-0.2, -0.15) is 5.10 Å². The van der Waals surface area contributed by atoms with Crippen LogP contribution in [-0.2, 0) is 17.6 Å². The molecule has 0 bridgehead atoms. The molecule has 18 heavy (non-hydrogen) atoms. The summed E-state index contributed by atoms with van der Waals surface area (Å²) in [6, 6.07) is -0.371. The van der Waals surface area contributed by atoms with E-state index in [0.717, 1.165) is 24.2 Å². The molecule has 6 nitrogen and oxygen atoms in total. The summed E-state index contributed by atoms with van der Waals surface area (Å²) in [6.07, 6.45) is 1.62. The van der Waals surface area contributed by atoms with E-state index in [1.54, 1.807) is 6.92 Å². The van der Waals surface area contributed by atoms with Crippen molar-refractivity contribution in [3.63, 3.8) is 0 Å². The van der Waals surface area contributed by atoms with Crippen LogP contribution >= 0.6 is 0 Å². The van der Waals surface area contributed by atoms with Crippen LogP contribution in [-0.4, -0.2) is 33.7 Å². The van der Waals surface area contributed by atoms with Gasteiger partial charge in [0, 0.05) is 6.54 Å². The Hall–Kier alpha value is -1.72. The molecular weight excluding hydrogens is 230 g/mol. The van der Waals surface area contributed by atoms with Gasteiger partial charge in [0.15, 0.2) is 0 Å². The van der Waals surface area contributed by atoms with Crippen LogP contribution in [0.25, 0.3) is 0 Å². The topological polar surface area (TPSA) is 79.8 Å². The van der Waals surface area contributed by atoms with Crippen LogP contribution in [0.4, 0.5) is 5.95 Å². The molecule has 0 fully saturated rings. The van der Waals surface area contributed by atoms with Crippen LogP contribution in [0.1, 0.15) is 39.1 Å². The van der Waals surface area contributed by atoms with Crippen molar-refractivity contribution in [2.75, 3.05) is 11.9 Å². The zero-order valence-electron chi connectivity index (χ0n) is 11.4. The molecule has 0 aliphatic rings. The fraction of sp³-hybridized carbons (Fsp3) is 0.667. The lowest BCUT2D eigenvalue weighted by molar-refractivity contribution is -0.121. The summed E-state index contributed by atoms with van der Waals surface area (Å²) in [5, 5.41) is 13.8. The van der Waals surface area contributed by atoms with Gasteiger partial charge in [0.05, 0.1) is 11.4 Å². The minimum absolute atomic E-state index is 0.0706. The number of carbonyl (C=O) groups is 1. The first-order chi connectivity index (χ1) is 8.62. The highest BCUT2D eigenvalue weighted by molar-refractivity contribution is 5.83. The maximum absolute atomic E-state index is 11.6. The van der Waals surface area contributed by atoms with Gasteiger partial charge >= 0.3 is 0 Å². The molecule has 1 rings (SSSR count). The summed E-state index contributed by atoms with van der Waals surface area (Å²) in [5.41, 5.74) is 1.84. The van der Waals surface area contributed by atoms with E-state index in [4.69, 9.17) is 0 Å². The number of nitrogens with one attached hydrogen (secondary N) is 2. The first kappa shape index (κ1) is 14.3. The van der Waals surface area contributed by atoms with Crippen molar-refractivity contribution in [2.45, 2.75) is 46.6 Å². The molecule has 1 atom stereocenters. The third-order valence-corrected chi connectivity index (χ3v) is 2.60. The third kappa shape index (κ3) is 3.65. The Morgan fingerprint density at radius 2 is 1.83 bits per heavy atom. The van der Waals surface area contributed by atoms with Gasteiger partial charge in [0.1, 0.15) is 6.04 Å². The van der Waals surface area contributed by atoms with E-state index in [1.165, 1.54) is 0 Å². The van der Waals surface area contributed by atoms with Crippen LogP contribution < -0.4 is 10.6 Å². The Morgan fingerprint density at radius 1 is 1.17 bits per heavy atom. The lowest BCUT2D eigenvalue weighted by atomic mass is 10.2. The SMILES string of the molecule is CCNC(=O)C(C)Nc1nnc(CC)c(CC)n1. The fourth-order valence-corrected chi connectivity index (χ4v) is 1.59. The van der Waals surface area contributed by atoms with E-state index in [2.05, 4.69) is 25.8 Å². The number of nitrogens with zero attached hydrogens (tertiary/aromatic N) is 3. The highest BCUT2D eigenvalue weighted by atomic mass is 16.2. The Kier molecular flexibility index (Phi) is 5.48. The molecule has 2 N–H and O–H groups in total. The summed E-state index contributed by atoms with van der Waals surface area (Å²) in [6.45, 7) is 8.32. The number of hydrogen-bond acceptors (Lipinski definition) is 5. The predicted octanol–water partition coefficient (Wildman–Crippen LogP) is 0.933. The highest BCUT2D eigenvalue weighted by Crippen LogP contribution is 2.07. The number of rotatable bonds is 6. The summed E-state index contributed by atoms with van der Waals surface area (Å²) in [5.74, 6) is 0.335. The van der Waals surface area contributed by atoms with Crippen molar-refractivity contribution in [1.29, 1.82) is 0 Å². The lowest BCUT2D eigenvalue weighted by Gasteiger charge is -2.13. The molecule has 0 spiro atoms. The van der Waals surface area contributed by atoms with Gasteiger partial charge in [-0.05, 0) is 26.7 Å². The van der Waals surface area contributed by atoms with E-state index in [1.807, 2.05) is 20.8 Å². The summed E-state index contributed by atoms with van der Waals surface area (Å²) >= 11 is 0. The smallest absolute Gasteiger partial charge is 0.243 e. The molecule has 1 aromatic rings. The number of hydrogen-bond donors (Lipinski definition) is 2. The largest absolute Gasteiger partial charge is 0.355 e. The normalized spacial score (nSPS) is 12.0. The number of likely N-dealkylation sites (N-methyl/N-ethyl adjacent to an activating group) is 1. The van der Waals surface area contributed by atoms with Crippen molar-refractivity contribution >= 4 is 11.9 Å². The number of aromatic nitrogens is 3. The van der Waals surface area contributed by atoms with Crippen molar-refractivity contribution < 1.29 is 4.79 Å². The molecule has 1 unspecified atom stereocenters. The highest BCUT2D eigenvalue weighted by Gasteiger charge is 2.14. The number of aryl methyl sites for hydroxylation is 2. The average molecular weight is 251 g/mol. The second-order valence-electron chi connectivity index (χ2n) is 4.00. The Bertz CT molecular complexity index is 407. The average Bonchev–Trinajstić information content (AvgIpc) is 2.38. The zero-order valence-corrected chi connectivity index (χ0v) is 11.4. The van der Waals surface area contributed by atoms with Gasteiger partial charge in [0.25, 0.3) is 0 Å². The van der Waals surface area contributed by atoms with E-state index >= 15 is 0 Å². The standard InChI is InChI=1S/C12H21N5O/c1-5-9-10(6-2)16-17-12(15-9)14-8(4)11(18)13-7-3/h8H,5-7H2,1-4H3,(H,13,18)(H,14,15,17). The minimum atomic E-state index is -0.371. The fourth-order valence-electron chi connectivity index (χ4n) is 1.59. The molecule has 0 aliphatic carbocycles. The van der Waals surface area contributed by atoms with Gasteiger partial charge < -0.3 is 10.6 Å². The van der Waals surface area contributed by atoms with Crippen LogP contribution in [0.5, 0.6) is 0 Å². The molecule has 1 amide bonds. The molecule has 1 heterocycles. The molecule has 100 valence electrons. The molecular formula is C12H21N5O. The minimum Gasteiger partial charge on any atom is -0.355 e. The first-order valence-electron chi connectivity index (χ1n) is 6.39. The zero-order chi connectivity index (χ0) is 13.5. The molecule has 0 aliphatic heterocycles. The molecule has 0 saturated carbocycles. The maximum Gasteiger partial charge on any atom is 0.243 e. The first-order valence-corrected chi connectivity index (χ1v) is 6.39. The van der Waals surface area contributed by atoms with Gasteiger partial charge in [-0.15, -0.1) is 5.10 Å². The van der Waals surface area contributed by atoms with Crippen molar-refractivity contribution in [2.24, 2.45) is 0 Å². The predicted molar refractivity (Wildman–Crippen MR) is 70.4 cm³/mol. The summed E-state index contributed by atoms with van der Waals surface area (Å²) < 4.78 is 0. The van der Waals surface area contributed by atoms with Crippen molar-refractivity contribution in [3.8, 4) is 0 Å². The third-order valence-electron chi connectivity index (χ3n) is 2.60. The quantitative estimate of drug-likeness (QED) is 0.786. The van der Waals surface area contributed by atoms with Crippen molar-refractivity contribution in [1.82, 2.24) is 20.5 Å². The summed E-state index contributed by atoms with van der Waals surface area (Å²) in [4.78, 5) is 16.0. The van der Waals surface area contributed by atoms with Gasteiger partial charge in [-0.3, -0.25) is 4.79 Å². The van der Waals surface area contributed by atoms with Crippen LogP contribution in [0.15, 0.2) is 0 Å². The van der Waals surface area contributed by atoms with E-state index in [-0.39, 0.29) is 11.9 Å². The van der Waals surface area contributed by atoms with Crippen LogP contribution in [0, 0.1) is 0 Å². The van der Waals surface area contributed by atoms with Crippen LogP contribution in [0.3, 0.4) is 0 Å². The Balaban J connectivity index is 2.76. The maximum atomic E-state index is 11.6. The van der Waals surface area contributed by atoms with Gasteiger partial charge in [0.2, 0.25) is 11.9 Å². The number of amides is 1. The molecule has 1 aromatic heterocycles. The van der Waals surface area contributed by atoms with Crippen molar-refractivity contribution in [3.05, 3.63) is 11.4 Å². The van der Waals surface area contributed by atoms with E-state index in [0.29, 0.717) is 12.5 Å². The second kappa shape index (κ2) is 6.88. The lowest BCUT2D eigenvalue weighted by Crippen LogP contribution is -2.37.